The van der Waals surface area contributed by atoms with Crippen LogP contribution in [0.25, 0.3) is 0 Å². The van der Waals surface area contributed by atoms with Crippen LogP contribution in [0.5, 0.6) is 0 Å². The second kappa shape index (κ2) is 3.55. The summed E-state index contributed by atoms with van der Waals surface area (Å²) in [5, 5.41) is 19.6. The number of nitrogens with zero attached hydrogens (tertiary/aromatic N) is 2. The molecule has 0 bridgehead atoms. The van der Waals surface area contributed by atoms with Crippen molar-refractivity contribution in [1.82, 2.24) is 10.2 Å². The molecule has 0 unspecified atom stereocenters. The molecule has 0 amide bonds. The van der Waals surface area contributed by atoms with Crippen molar-refractivity contribution in [1.29, 1.82) is 0 Å². The summed E-state index contributed by atoms with van der Waals surface area (Å²) in [6.45, 7) is 3.57. The molecule has 2 heterocycles. The number of aliphatic hydroxyl groups is 1. The first-order valence-corrected chi connectivity index (χ1v) is 4.47. The van der Waals surface area contributed by atoms with E-state index in [1.807, 2.05) is 0 Å². The molecule has 1 fully saturated rings. The fourth-order valence-corrected chi connectivity index (χ4v) is 1.27. The van der Waals surface area contributed by atoms with Gasteiger partial charge in [0.15, 0.2) is 0 Å². The van der Waals surface area contributed by atoms with Crippen LogP contribution in [-0.2, 0) is 4.74 Å². The molecule has 14 heavy (non-hydrogen) atoms. The maximum atomic E-state index is 9.13. The van der Waals surface area contributed by atoms with E-state index >= 15 is 0 Å². The topological polar surface area (TPSA) is 80.4 Å². The van der Waals surface area contributed by atoms with Crippen LogP contribution in [0.2, 0.25) is 0 Å². The number of hydrogen-bond donors (Lipinski definition) is 2. The fraction of sp³-hybridized carbons (Fsp3) is 0.750. The van der Waals surface area contributed by atoms with E-state index in [0.29, 0.717) is 31.7 Å². The van der Waals surface area contributed by atoms with Crippen molar-refractivity contribution < 1.29 is 14.3 Å². The number of aliphatic hydroxyl groups excluding tert-OH is 1. The van der Waals surface area contributed by atoms with Crippen molar-refractivity contribution in [2.24, 2.45) is 5.41 Å². The van der Waals surface area contributed by atoms with Gasteiger partial charge in [-0.2, -0.15) is 0 Å². The molecule has 1 saturated heterocycles. The number of anilines is 1. The molecular formula is C8H13N3O3. The quantitative estimate of drug-likeness (QED) is 0.699. The molecule has 0 aromatic carbocycles. The van der Waals surface area contributed by atoms with Gasteiger partial charge in [-0.05, 0) is 0 Å². The van der Waals surface area contributed by atoms with E-state index in [1.54, 1.807) is 6.92 Å². The molecule has 1 aromatic rings. The number of aryl methyl sites for hydroxylation is 1. The van der Waals surface area contributed by atoms with Gasteiger partial charge in [-0.15, -0.1) is 5.10 Å². The van der Waals surface area contributed by atoms with Gasteiger partial charge < -0.3 is 19.6 Å². The zero-order chi connectivity index (χ0) is 10.0. The molecule has 2 N–H and O–H groups in total. The van der Waals surface area contributed by atoms with Gasteiger partial charge >= 0.3 is 6.01 Å². The summed E-state index contributed by atoms with van der Waals surface area (Å²) in [5.41, 5.74) is -0.178. The third kappa shape index (κ3) is 1.71. The van der Waals surface area contributed by atoms with Crippen molar-refractivity contribution in [3.05, 3.63) is 5.89 Å². The van der Waals surface area contributed by atoms with Gasteiger partial charge in [0.25, 0.3) is 0 Å². The van der Waals surface area contributed by atoms with Gasteiger partial charge in [-0.25, -0.2) is 0 Å². The first-order chi connectivity index (χ1) is 6.74. The molecule has 2 rings (SSSR count). The Hall–Kier alpha value is -1.14. The van der Waals surface area contributed by atoms with Crippen LogP contribution in [0.3, 0.4) is 0 Å². The van der Waals surface area contributed by atoms with Gasteiger partial charge in [0.1, 0.15) is 0 Å². The average Bonchev–Trinajstić information content (AvgIpc) is 2.50. The van der Waals surface area contributed by atoms with Gasteiger partial charge in [-0.3, -0.25) is 0 Å². The van der Waals surface area contributed by atoms with E-state index < -0.39 is 0 Å². The highest BCUT2D eigenvalue weighted by molar-refractivity contribution is 5.18. The molecule has 6 nitrogen and oxygen atoms in total. The van der Waals surface area contributed by atoms with Crippen molar-refractivity contribution in [2.45, 2.75) is 6.92 Å². The molecule has 6 heteroatoms. The Kier molecular flexibility index (Phi) is 2.39. The highest BCUT2D eigenvalue weighted by Crippen LogP contribution is 2.26. The first kappa shape index (κ1) is 9.42. The summed E-state index contributed by atoms with van der Waals surface area (Å²) in [6, 6.07) is 0.391. The third-order valence-electron chi connectivity index (χ3n) is 2.29. The van der Waals surface area contributed by atoms with Crippen LogP contribution in [0.15, 0.2) is 4.42 Å². The predicted molar refractivity (Wildman–Crippen MR) is 47.9 cm³/mol. The molecule has 1 aromatic heterocycles. The van der Waals surface area contributed by atoms with Crippen LogP contribution in [0.4, 0.5) is 6.01 Å². The Labute approximate surface area is 81.3 Å². The lowest BCUT2D eigenvalue weighted by atomic mass is 9.87. The monoisotopic (exact) mass is 199 g/mol. The Morgan fingerprint density at radius 3 is 2.71 bits per heavy atom. The van der Waals surface area contributed by atoms with E-state index in [9.17, 15) is 0 Å². The van der Waals surface area contributed by atoms with E-state index in [2.05, 4.69) is 15.5 Å². The second-order valence-electron chi connectivity index (χ2n) is 3.63. The molecular weight excluding hydrogens is 186 g/mol. The maximum absolute atomic E-state index is 9.13. The minimum atomic E-state index is -0.178. The molecule has 0 radical (unpaired) electrons. The standard InChI is InChI=1S/C8H13N3O3/c1-6-10-11-7(14-6)9-2-8(3-12)4-13-5-8/h12H,2-5H2,1H3,(H,9,11). The minimum absolute atomic E-state index is 0.104. The molecule has 1 aliphatic rings. The number of aromatic nitrogens is 2. The Morgan fingerprint density at radius 2 is 2.29 bits per heavy atom. The van der Waals surface area contributed by atoms with E-state index in [0.717, 1.165) is 0 Å². The Balaban J connectivity index is 1.87. The minimum Gasteiger partial charge on any atom is -0.408 e. The number of hydrogen-bond acceptors (Lipinski definition) is 6. The van der Waals surface area contributed by atoms with Crippen LogP contribution in [0.1, 0.15) is 5.89 Å². The molecule has 0 spiro atoms. The average molecular weight is 199 g/mol. The molecule has 0 saturated carbocycles. The van der Waals surface area contributed by atoms with Crippen molar-refractivity contribution >= 4 is 6.01 Å². The smallest absolute Gasteiger partial charge is 0.315 e. The van der Waals surface area contributed by atoms with Crippen LogP contribution < -0.4 is 5.32 Å². The second-order valence-corrected chi connectivity index (χ2v) is 3.63. The zero-order valence-corrected chi connectivity index (χ0v) is 7.99. The zero-order valence-electron chi connectivity index (χ0n) is 7.99. The van der Waals surface area contributed by atoms with Gasteiger partial charge in [0, 0.05) is 13.5 Å². The highest BCUT2D eigenvalue weighted by atomic mass is 16.5. The Morgan fingerprint density at radius 1 is 1.50 bits per heavy atom. The largest absolute Gasteiger partial charge is 0.408 e. The lowest BCUT2D eigenvalue weighted by molar-refractivity contribution is -0.128. The van der Waals surface area contributed by atoms with Crippen molar-refractivity contribution in [3.8, 4) is 0 Å². The summed E-state index contributed by atoms with van der Waals surface area (Å²) in [6.07, 6.45) is 0. The SMILES string of the molecule is Cc1nnc(NCC2(CO)COC2)o1. The highest BCUT2D eigenvalue weighted by Gasteiger charge is 2.38. The van der Waals surface area contributed by atoms with Gasteiger partial charge in [0.2, 0.25) is 5.89 Å². The number of ether oxygens (including phenoxy) is 1. The van der Waals surface area contributed by atoms with Crippen molar-refractivity contribution in [2.75, 3.05) is 31.7 Å². The normalized spacial score (nSPS) is 19.0. The summed E-state index contributed by atoms with van der Waals surface area (Å²) >= 11 is 0. The lowest BCUT2D eigenvalue weighted by Gasteiger charge is -2.39. The van der Waals surface area contributed by atoms with E-state index in [-0.39, 0.29) is 12.0 Å². The molecule has 78 valence electrons. The summed E-state index contributed by atoms with van der Waals surface area (Å²) < 4.78 is 10.2. The van der Waals surface area contributed by atoms with Crippen molar-refractivity contribution in [3.63, 3.8) is 0 Å². The summed E-state index contributed by atoms with van der Waals surface area (Å²) in [4.78, 5) is 0. The predicted octanol–water partition coefficient (Wildman–Crippen LogP) is -0.201. The van der Waals surface area contributed by atoms with Crippen LogP contribution >= 0.6 is 0 Å². The summed E-state index contributed by atoms with van der Waals surface area (Å²) in [5.74, 6) is 0.524. The molecule has 0 atom stereocenters. The summed E-state index contributed by atoms with van der Waals surface area (Å²) in [7, 11) is 0. The fourth-order valence-electron chi connectivity index (χ4n) is 1.27. The first-order valence-electron chi connectivity index (χ1n) is 4.47. The van der Waals surface area contributed by atoms with E-state index in [1.165, 1.54) is 0 Å². The number of nitrogens with one attached hydrogen (secondary N) is 1. The maximum Gasteiger partial charge on any atom is 0.315 e. The third-order valence-corrected chi connectivity index (χ3v) is 2.29. The van der Waals surface area contributed by atoms with Gasteiger partial charge in [0.05, 0.1) is 25.2 Å². The van der Waals surface area contributed by atoms with Gasteiger partial charge in [-0.1, -0.05) is 5.10 Å². The molecule has 1 aliphatic heterocycles. The lowest BCUT2D eigenvalue weighted by Crippen LogP contribution is -2.50. The van der Waals surface area contributed by atoms with Crippen LogP contribution in [0, 0.1) is 12.3 Å². The van der Waals surface area contributed by atoms with E-state index in [4.69, 9.17) is 14.3 Å². The van der Waals surface area contributed by atoms with Crippen LogP contribution in [-0.4, -0.2) is 41.7 Å². The Bertz CT molecular complexity index is 303. The molecule has 0 aliphatic carbocycles. The number of rotatable bonds is 4.